The molecule has 2 aliphatic rings. The van der Waals surface area contributed by atoms with Gasteiger partial charge in [0.25, 0.3) is 0 Å². The van der Waals surface area contributed by atoms with Crippen molar-refractivity contribution < 1.29 is 0 Å². The first-order valence-corrected chi connectivity index (χ1v) is 7.58. The molecule has 0 bridgehead atoms. The minimum atomic E-state index is 0.562. The van der Waals surface area contributed by atoms with Gasteiger partial charge < -0.3 is 0 Å². The van der Waals surface area contributed by atoms with Gasteiger partial charge in [-0.15, -0.1) is 0 Å². The number of allylic oxidation sites excluding steroid dienone is 4. The summed E-state index contributed by atoms with van der Waals surface area (Å²) in [7, 11) is 0. The van der Waals surface area contributed by atoms with Gasteiger partial charge in [0.15, 0.2) is 0 Å². The molecule has 0 heteroatoms. The number of fused-ring (bicyclic) bond motifs is 2. The number of benzene rings is 2. The van der Waals surface area contributed by atoms with Crippen LogP contribution in [0.4, 0.5) is 0 Å². The summed E-state index contributed by atoms with van der Waals surface area (Å²) in [5.74, 6) is 0.562. The van der Waals surface area contributed by atoms with E-state index in [1.54, 1.807) is 0 Å². The molecule has 0 nitrogen and oxygen atoms in total. The van der Waals surface area contributed by atoms with E-state index in [0.29, 0.717) is 5.92 Å². The van der Waals surface area contributed by atoms with Gasteiger partial charge in [-0.1, -0.05) is 66.8 Å². The molecular weight excluding hydrogens is 252 g/mol. The van der Waals surface area contributed by atoms with Crippen molar-refractivity contribution in [2.24, 2.45) is 5.92 Å². The van der Waals surface area contributed by atoms with Crippen LogP contribution >= 0.6 is 0 Å². The molecule has 0 heterocycles. The van der Waals surface area contributed by atoms with Gasteiger partial charge >= 0.3 is 0 Å². The van der Waals surface area contributed by atoms with Crippen LogP contribution in [0.3, 0.4) is 0 Å². The van der Waals surface area contributed by atoms with Gasteiger partial charge in [-0.05, 0) is 52.1 Å². The van der Waals surface area contributed by atoms with Gasteiger partial charge in [-0.3, -0.25) is 0 Å². The second-order valence-corrected chi connectivity index (χ2v) is 5.91. The maximum absolute atomic E-state index is 2.41. The highest BCUT2D eigenvalue weighted by molar-refractivity contribution is 5.69. The van der Waals surface area contributed by atoms with Crippen molar-refractivity contribution in [1.29, 1.82) is 0 Å². The molecule has 2 aliphatic carbocycles. The zero-order valence-corrected chi connectivity index (χ0v) is 12.2. The van der Waals surface area contributed by atoms with Crippen molar-refractivity contribution in [3.8, 4) is 11.1 Å². The molecule has 2 aromatic rings. The van der Waals surface area contributed by atoms with Crippen LogP contribution in [0, 0.1) is 12.8 Å². The Labute approximate surface area is 125 Å². The highest BCUT2D eigenvalue weighted by Gasteiger charge is 2.14. The van der Waals surface area contributed by atoms with Crippen LogP contribution in [0.5, 0.6) is 0 Å². The van der Waals surface area contributed by atoms with Crippen LogP contribution in [0.1, 0.15) is 12.0 Å². The average Bonchev–Trinajstić information content (AvgIpc) is 2.53. The highest BCUT2D eigenvalue weighted by atomic mass is 14.2. The van der Waals surface area contributed by atoms with Crippen LogP contribution in [0.25, 0.3) is 23.3 Å². The molecule has 0 saturated carbocycles. The first kappa shape index (κ1) is 12.4. The van der Waals surface area contributed by atoms with Crippen molar-refractivity contribution in [3.05, 3.63) is 82.3 Å². The Morgan fingerprint density at radius 3 is 2.81 bits per heavy atom. The monoisotopic (exact) mass is 270 g/mol. The highest BCUT2D eigenvalue weighted by Crippen LogP contribution is 2.25. The zero-order chi connectivity index (χ0) is 14.2. The smallest absolute Gasteiger partial charge is 0.00620 e. The fourth-order valence-electron chi connectivity index (χ4n) is 3.30. The fraction of sp³-hybridized carbons (Fsp3) is 0.143. The van der Waals surface area contributed by atoms with Gasteiger partial charge in [0.05, 0.1) is 0 Å². The Hall–Kier alpha value is -2.34. The summed E-state index contributed by atoms with van der Waals surface area (Å²) in [6.07, 6.45) is 12.6. The molecule has 0 spiro atoms. The number of aryl methyl sites for hydroxylation is 1. The Bertz CT molecular complexity index is 878. The molecule has 0 N–H and O–H groups in total. The van der Waals surface area contributed by atoms with Crippen molar-refractivity contribution >= 4 is 12.2 Å². The van der Waals surface area contributed by atoms with Gasteiger partial charge in [0, 0.05) is 5.92 Å². The van der Waals surface area contributed by atoms with Crippen LogP contribution in [-0.2, 0) is 0 Å². The van der Waals surface area contributed by atoms with Crippen molar-refractivity contribution in [3.63, 3.8) is 0 Å². The third kappa shape index (κ3) is 2.17. The second kappa shape index (κ2) is 4.89. The van der Waals surface area contributed by atoms with Crippen LogP contribution in [0.15, 0.2) is 66.3 Å². The van der Waals surface area contributed by atoms with E-state index in [2.05, 4.69) is 79.8 Å². The SMILES string of the molecule is Cc1ccccc1-c1ccc2c(c1)=CC1=CC=CCC1C=2. The molecule has 2 aromatic carbocycles. The molecule has 0 aromatic heterocycles. The van der Waals surface area contributed by atoms with Crippen LogP contribution in [0.2, 0.25) is 0 Å². The predicted octanol–water partition coefficient (Wildman–Crippen LogP) is 3.74. The van der Waals surface area contributed by atoms with Gasteiger partial charge in [0.1, 0.15) is 0 Å². The average molecular weight is 270 g/mol. The summed E-state index contributed by atoms with van der Waals surface area (Å²) in [6, 6.07) is 15.4. The van der Waals surface area contributed by atoms with E-state index in [1.807, 2.05) is 0 Å². The maximum Gasteiger partial charge on any atom is 0.00620 e. The fourth-order valence-corrected chi connectivity index (χ4v) is 3.30. The van der Waals surface area contributed by atoms with E-state index < -0.39 is 0 Å². The van der Waals surface area contributed by atoms with E-state index in [4.69, 9.17) is 0 Å². The minimum absolute atomic E-state index is 0.562. The lowest BCUT2D eigenvalue weighted by Crippen LogP contribution is -2.30. The van der Waals surface area contributed by atoms with Crippen molar-refractivity contribution in [2.75, 3.05) is 0 Å². The minimum Gasteiger partial charge on any atom is -0.0836 e. The van der Waals surface area contributed by atoms with Crippen LogP contribution in [-0.4, -0.2) is 0 Å². The number of hydrogen-bond acceptors (Lipinski definition) is 0. The third-order valence-corrected chi connectivity index (χ3v) is 4.49. The molecule has 0 fully saturated rings. The first-order valence-electron chi connectivity index (χ1n) is 7.58. The second-order valence-electron chi connectivity index (χ2n) is 5.91. The van der Waals surface area contributed by atoms with E-state index in [1.165, 1.54) is 32.7 Å². The van der Waals surface area contributed by atoms with Gasteiger partial charge in [0.2, 0.25) is 0 Å². The molecule has 0 radical (unpaired) electrons. The molecule has 1 atom stereocenters. The van der Waals surface area contributed by atoms with Gasteiger partial charge in [-0.25, -0.2) is 0 Å². The maximum atomic E-state index is 2.41. The molecule has 21 heavy (non-hydrogen) atoms. The Kier molecular flexibility index (Phi) is 2.89. The third-order valence-electron chi connectivity index (χ3n) is 4.49. The molecule has 4 rings (SSSR count). The summed E-state index contributed by atoms with van der Waals surface area (Å²) >= 11 is 0. The number of hydrogen-bond donors (Lipinski definition) is 0. The Morgan fingerprint density at radius 2 is 1.90 bits per heavy atom. The molecule has 1 unspecified atom stereocenters. The normalized spacial score (nSPS) is 18.9. The van der Waals surface area contributed by atoms with Crippen molar-refractivity contribution in [1.82, 2.24) is 0 Å². The van der Waals surface area contributed by atoms with Gasteiger partial charge in [-0.2, -0.15) is 0 Å². The summed E-state index contributed by atoms with van der Waals surface area (Å²) < 4.78 is 0. The van der Waals surface area contributed by atoms with E-state index >= 15 is 0 Å². The van der Waals surface area contributed by atoms with E-state index in [-0.39, 0.29) is 0 Å². The molecule has 0 aliphatic heterocycles. The predicted molar refractivity (Wildman–Crippen MR) is 90.1 cm³/mol. The number of rotatable bonds is 1. The van der Waals surface area contributed by atoms with Crippen LogP contribution < -0.4 is 10.4 Å². The summed E-state index contributed by atoms with van der Waals surface area (Å²) in [5, 5.41) is 2.71. The topological polar surface area (TPSA) is 0 Å². The van der Waals surface area contributed by atoms with Crippen molar-refractivity contribution in [2.45, 2.75) is 13.3 Å². The lowest BCUT2D eigenvalue weighted by Gasteiger charge is -2.19. The lowest BCUT2D eigenvalue weighted by molar-refractivity contribution is 0.830. The zero-order valence-electron chi connectivity index (χ0n) is 12.2. The van der Waals surface area contributed by atoms with E-state index in [0.717, 1.165) is 6.42 Å². The Balaban J connectivity index is 1.90. The Morgan fingerprint density at radius 1 is 1.00 bits per heavy atom. The lowest BCUT2D eigenvalue weighted by atomic mass is 9.86. The summed E-state index contributed by atoms with van der Waals surface area (Å²) in [4.78, 5) is 0. The quantitative estimate of drug-likeness (QED) is 0.740. The largest absolute Gasteiger partial charge is 0.0836 e. The molecule has 102 valence electrons. The summed E-state index contributed by atoms with van der Waals surface area (Å²) in [5.41, 5.74) is 5.40. The molecule has 0 amide bonds. The molecule has 0 saturated heterocycles. The van der Waals surface area contributed by atoms with E-state index in [9.17, 15) is 0 Å². The molecular formula is C21H18. The standard InChI is InChI=1S/C21H18/c1-15-6-2-5-9-21(15)19-11-10-18-12-16-7-3-4-8-17(16)13-20(18)14-19/h2-6,8-14,16H,7H2,1H3. The first-order chi connectivity index (χ1) is 10.3. The summed E-state index contributed by atoms with van der Waals surface area (Å²) in [6.45, 7) is 2.18.